The number of ether oxygens (including phenoxy) is 3. The molecule has 0 aliphatic carbocycles. The van der Waals surface area contributed by atoms with Crippen LogP contribution in [0.3, 0.4) is 0 Å². The van der Waals surface area contributed by atoms with Crippen LogP contribution in [0.15, 0.2) is 0 Å². The Bertz CT molecular complexity index is 456. The number of halogens is 1. The second-order valence-corrected chi connectivity index (χ2v) is 6.22. The quantitative estimate of drug-likeness (QED) is 0.288. The van der Waals surface area contributed by atoms with Crippen LogP contribution in [-0.4, -0.2) is 52.6 Å². The molecule has 4 atom stereocenters. The van der Waals surface area contributed by atoms with E-state index >= 15 is 0 Å². The molecule has 3 rings (SSSR count). The monoisotopic (exact) mass is 397 g/mol. The van der Waals surface area contributed by atoms with Gasteiger partial charge in [0.25, 0.3) is 11.8 Å². The third-order valence-corrected chi connectivity index (χ3v) is 4.42. The smallest absolute Gasteiger partial charge is 0.426 e. The van der Waals surface area contributed by atoms with E-state index in [-0.39, 0.29) is 25.2 Å². The number of rotatable bonds is 2. The number of amides is 2. The lowest BCUT2D eigenvalue weighted by atomic mass is 10.0. The van der Waals surface area contributed by atoms with Gasteiger partial charge in [0, 0.05) is 0 Å². The number of hydroxylamine groups is 2. The van der Waals surface area contributed by atoms with Gasteiger partial charge in [0.2, 0.25) is 0 Å². The van der Waals surface area contributed by atoms with Crippen LogP contribution in [0.2, 0.25) is 0 Å². The van der Waals surface area contributed by atoms with Crippen molar-refractivity contribution in [3.63, 3.8) is 0 Å². The van der Waals surface area contributed by atoms with E-state index in [1.54, 1.807) is 0 Å². The molecule has 0 radical (unpaired) electrons. The molecule has 0 spiro atoms. The van der Waals surface area contributed by atoms with Crippen LogP contribution in [0, 0.1) is 5.92 Å². The minimum atomic E-state index is -1.07. The number of fused-ring (bicyclic) bond motifs is 1. The number of alkyl halides is 1. The minimum Gasteiger partial charge on any atom is -0.426 e. The molecule has 3 saturated heterocycles. The maximum Gasteiger partial charge on any atom is 0.534 e. The molecule has 0 saturated carbocycles. The Morgan fingerprint density at radius 2 is 2.15 bits per heavy atom. The number of nitrogens with zero attached hydrogens (tertiary/aromatic N) is 1. The third-order valence-electron chi connectivity index (χ3n) is 3.45. The fraction of sp³-hybridized carbons (Fsp3) is 0.727. The van der Waals surface area contributed by atoms with Gasteiger partial charge in [-0.3, -0.25) is 14.4 Å². The average Bonchev–Trinajstić information content (AvgIpc) is 3.04. The molecule has 0 aromatic rings. The normalized spacial score (nSPS) is 36.4. The summed E-state index contributed by atoms with van der Waals surface area (Å²) in [4.78, 5) is 39.4. The second-order valence-electron chi connectivity index (χ2n) is 4.72. The first-order valence-electron chi connectivity index (χ1n) is 6.19. The van der Waals surface area contributed by atoms with Crippen molar-refractivity contribution in [2.75, 3.05) is 13.2 Å². The van der Waals surface area contributed by atoms with E-state index in [0.29, 0.717) is 11.7 Å². The van der Waals surface area contributed by atoms with Crippen molar-refractivity contribution >= 4 is 40.6 Å². The van der Waals surface area contributed by atoms with Crippen molar-refractivity contribution in [2.45, 2.75) is 29.2 Å². The molecular weight excluding hydrogens is 385 g/mol. The summed E-state index contributed by atoms with van der Waals surface area (Å²) < 4.78 is 15.2. The first-order valence-corrected chi connectivity index (χ1v) is 7.43. The summed E-state index contributed by atoms with van der Waals surface area (Å²) in [6, 6.07) is 0. The van der Waals surface area contributed by atoms with Gasteiger partial charge in [-0.1, -0.05) is 27.7 Å². The largest absolute Gasteiger partial charge is 0.534 e. The Morgan fingerprint density at radius 1 is 1.35 bits per heavy atom. The summed E-state index contributed by atoms with van der Waals surface area (Å²) in [5.41, 5.74) is 0. The van der Waals surface area contributed by atoms with Gasteiger partial charge in [-0.25, -0.2) is 4.79 Å². The van der Waals surface area contributed by atoms with Crippen LogP contribution in [0.4, 0.5) is 4.79 Å². The lowest BCUT2D eigenvalue weighted by Gasteiger charge is -2.17. The molecule has 0 aromatic heterocycles. The highest BCUT2D eigenvalue weighted by molar-refractivity contribution is 14.1. The molecule has 0 aromatic carbocycles. The van der Waals surface area contributed by atoms with E-state index in [1.165, 1.54) is 0 Å². The predicted molar refractivity (Wildman–Crippen MR) is 69.4 cm³/mol. The first kappa shape index (κ1) is 14.0. The number of hydrogen-bond acceptors (Lipinski definition) is 7. The molecule has 1 unspecified atom stereocenters. The lowest BCUT2D eigenvalue weighted by Crippen LogP contribution is -2.36. The Hall–Kier alpha value is -0.940. The fourth-order valence-electron chi connectivity index (χ4n) is 2.44. The van der Waals surface area contributed by atoms with Crippen molar-refractivity contribution in [3.05, 3.63) is 0 Å². The highest BCUT2D eigenvalue weighted by atomic mass is 127. The van der Waals surface area contributed by atoms with Crippen LogP contribution >= 0.6 is 22.6 Å². The van der Waals surface area contributed by atoms with E-state index in [9.17, 15) is 14.4 Å². The second kappa shape index (κ2) is 5.45. The van der Waals surface area contributed by atoms with Gasteiger partial charge in [-0.15, -0.1) is 0 Å². The van der Waals surface area contributed by atoms with Crippen molar-refractivity contribution in [3.8, 4) is 0 Å². The van der Waals surface area contributed by atoms with Gasteiger partial charge in [0.05, 0.1) is 25.6 Å². The van der Waals surface area contributed by atoms with E-state index in [4.69, 9.17) is 14.2 Å². The van der Waals surface area contributed by atoms with Crippen LogP contribution < -0.4 is 0 Å². The Labute approximate surface area is 127 Å². The van der Waals surface area contributed by atoms with Gasteiger partial charge >= 0.3 is 6.16 Å². The fourth-order valence-corrected chi connectivity index (χ4v) is 3.07. The zero-order chi connectivity index (χ0) is 14.3. The highest BCUT2D eigenvalue weighted by Crippen LogP contribution is 2.33. The van der Waals surface area contributed by atoms with E-state index in [2.05, 4.69) is 4.84 Å². The minimum absolute atomic E-state index is 0.0233. The zero-order valence-electron chi connectivity index (χ0n) is 10.3. The number of hydrogen-bond donors (Lipinski definition) is 0. The summed E-state index contributed by atoms with van der Waals surface area (Å²) >= 11 is 1.82. The van der Waals surface area contributed by atoms with Crippen molar-refractivity contribution in [1.82, 2.24) is 5.06 Å². The summed E-state index contributed by atoms with van der Waals surface area (Å²) in [5.74, 6) is -1.11. The highest BCUT2D eigenvalue weighted by Gasteiger charge is 2.45. The lowest BCUT2D eigenvalue weighted by molar-refractivity contribution is -0.178. The molecule has 3 heterocycles. The van der Waals surface area contributed by atoms with Gasteiger partial charge in [0.15, 0.2) is 6.29 Å². The van der Waals surface area contributed by atoms with Crippen molar-refractivity contribution in [2.24, 2.45) is 5.92 Å². The molecule has 3 aliphatic heterocycles. The molecular formula is C11H12INO7. The molecule has 8 nitrogen and oxygen atoms in total. The molecule has 0 N–H and O–H groups in total. The van der Waals surface area contributed by atoms with E-state index in [1.807, 2.05) is 22.6 Å². The Morgan fingerprint density at radius 3 is 2.85 bits per heavy atom. The van der Waals surface area contributed by atoms with Crippen LogP contribution in [-0.2, 0) is 28.6 Å². The molecule has 0 bridgehead atoms. The Kier molecular flexibility index (Phi) is 3.82. The van der Waals surface area contributed by atoms with E-state index in [0.717, 1.165) is 6.42 Å². The summed E-state index contributed by atoms with van der Waals surface area (Å²) in [7, 11) is 0. The standard InChI is InChI=1S/C11H12INO7/c12-6-3-8(14)13(9(6)15)20-11(16)19-7-4-18-10-5(7)1-2-17-10/h5-7,10H,1-4H2/t5-,6?,7-,10+/m0/s1. The average molecular weight is 397 g/mol. The van der Waals surface area contributed by atoms with Gasteiger partial charge < -0.3 is 14.2 Å². The third kappa shape index (κ3) is 2.49. The van der Waals surface area contributed by atoms with Gasteiger partial charge in [-0.2, -0.15) is 0 Å². The Balaban J connectivity index is 1.55. The summed E-state index contributed by atoms with van der Waals surface area (Å²) in [5, 5.41) is 0.470. The molecule has 2 amide bonds. The number of imide groups is 1. The molecule has 3 fully saturated rings. The SMILES string of the molecule is O=C(O[C@H]1CO[C@H]2OCC[C@H]21)ON1C(=O)CC(I)C1=O. The molecule has 3 aliphatic rings. The molecule has 20 heavy (non-hydrogen) atoms. The molecule has 9 heteroatoms. The predicted octanol–water partition coefficient (Wildman–Crippen LogP) is 0.379. The number of carbonyl (C=O) groups is 3. The van der Waals surface area contributed by atoms with Crippen LogP contribution in [0.25, 0.3) is 0 Å². The van der Waals surface area contributed by atoms with Crippen molar-refractivity contribution in [1.29, 1.82) is 0 Å². The van der Waals surface area contributed by atoms with Crippen molar-refractivity contribution < 1.29 is 33.4 Å². The number of carbonyl (C=O) groups excluding carboxylic acids is 3. The summed E-state index contributed by atoms with van der Waals surface area (Å²) in [6.07, 6.45) is -1.13. The van der Waals surface area contributed by atoms with Gasteiger partial charge in [-0.05, 0) is 6.42 Å². The topological polar surface area (TPSA) is 91.4 Å². The molecule has 110 valence electrons. The maximum absolute atomic E-state index is 11.7. The summed E-state index contributed by atoms with van der Waals surface area (Å²) in [6.45, 7) is 0.783. The first-order chi connectivity index (χ1) is 9.56. The zero-order valence-corrected chi connectivity index (χ0v) is 12.5. The van der Waals surface area contributed by atoms with Crippen LogP contribution in [0.1, 0.15) is 12.8 Å². The van der Waals surface area contributed by atoms with Crippen LogP contribution in [0.5, 0.6) is 0 Å². The maximum atomic E-state index is 11.7. The van der Waals surface area contributed by atoms with E-state index < -0.39 is 28.0 Å². The van der Waals surface area contributed by atoms with Gasteiger partial charge in [0.1, 0.15) is 10.0 Å².